The van der Waals surface area contributed by atoms with Crippen LogP contribution in [-0.2, 0) is 0 Å². The highest BCUT2D eigenvalue weighted by Gasteiger charge is 2.25. The van der Waals surface area contributed by atoms with E-state index < -0.39 is 5.82 Å². The van der Waals surface area contributed by atoms with Gasteiger partial charge in [-0.15, -0.1) is 0 Å². The van der Waals surface area contributed by atoms with E-state index in [1.807, 2.05) is 42.5 Å². The van der Waals surface area contributed by atoms with Gasteiger partial charge < -0.3 is 14.8 Å². The monoisotopic (exact) mass is 560 g/mol. The highest BCUT2D eigenvalue weighted by Crippen LogP contribution is 2.44. The number of anilines is 2. The van der Waals surface area contributed by atoms with Crippen molar-refractivity contribution in [2.75, 3.05) is 10.0 Å². The van der Waals surface area contributed by atoms with E-state index in [1.54, 1.807) is 18.3 Å². The van der Waals surface area contributed by atoms with Gasteiger partial charge >= 0.3 is 0 Å². The molecule has 8 heteroatoms. The van der Waals surface area contributed by atoms with Crippen LogP contribution in [0.1, 0.15) is 56.4 Å². The summed E-state index contributed by atoms with van der Waals surface area (Å²) in [4.78, 5) is 10.1. The van der Waals surface area contributed by atoms with Crippen molar-refractivity contribution in [2.45, 2.75) is 61.8 Å². The van der Waals surface area contributed by atoms with E-state index in [-0.39, 0.29) is 5.75 Å². The first-order chi connectivity index (χ1) is 19.1. The third kappa shape index (κ3) is 6.48. The molecule has 4 aromatic rings. The second-order valence-electron chi connectivity index (χ2n) is 10.2. The maximum absolute atomic E-state index is 15.2. The second-order valence-corrected chi connectivity index (χ2v) is 11.4. The van der Waals surface area contributed by atoms with Crippen molar-refractivity contribution in [3.8, 4) is 22.8 Å². The third-order valence-electron chi connectivity index (χ3n) is 7.19. The zero-order chi connectivity index (χ0) is 26.6. The fraction of sp³-hybridized carbons (Fsp3) is 0.290. The summed E-state index contributed by atoms with van der Waals surface area (Å²) in [6.07, 6.45) is 10.1. The van der Waals surface area contributed by atoms with Crippen molar-refractivity contribution < 1.29 is 9.13 Å². The summed E-state index contributed by atoms with van der Waals surface area (Å²) in [5, 5.41) is 4.14. The minimum absolute atomic E-state index is 0.159. The van der Waals surface area contributed by atoms with Gasteiger partial charge in [-0.3, -0.25) is 0 Å². The average Bonchev–Trinajstić information content (AvgIpc) is 3.81. The number of aromatic nitrogens is 2. The number of hydrogen-bond donors (Lipinski definition) is 2. The molecule has 0 aliphatic heterocycles. The number of hydrogen-bond acceptors (Lipinski definition) is 6. The maximum Gasteiger partial charge on any atom is 0.223 e. The first-order valence-electron chi connectivity index (χ1n) is 13.5. The van der Waals surface area contributed by atoms with E-state index in [0.29, 0.717) is 34.4 Å². The summed E-state index contributed by atoms with van der Waals surface area (Å²) in [6, 6.07) is 20.9. The quantitative estimate of drug-likeness (QED) is 0.199. The molecule has 0 spiro atoms. The molecule has 1 aromatic heterocycles. The molecule has 0 amide bonds. The zero-order valence-corrected chi connectivity index (χ0v) is 23.1. The Bertz CT molecular complexity index is 1460. The van der Waals surface area contributed by atoms with Gasteiger partial charge in [0, 0.05) is 34.5 Å². The molecule has 0 saturated heterocycles. The average molecular weight is 561 g/mol. The van der Waals surface area contributed by atoms with Crippen molar-refractivity contribution in [2.24, 2.45) is 0 Å². The second kappa shape index (κ2) is 11.8. The Hall–Kier alpha value is -3.29. The Morgan fingerprint density at radius 3 is 2.54 bits per heavy atom. The summed E-state index contributed by atoms with van der Waals surface area (Å²) >= 11 is 7.57. The van der Waals surface area contributed by atoms with Crippen molar-refractivity contribution in [1.82, 2.24) is 9.97 Å². The first kappa shape index (κ1) is 26.0. The van der Waals surface area contributed by atoms with Crippen molar-refractivity contribution in [3.05, 3.63) is 89.3 Å². The number of nitrogens with zero attached hydrogens (tertiary/aromatic N) is 2. The van der Waals surface area contributed by atoms with Crippen LogP contribution in [0.5, 0.6) is 11.5 Å². The molecule has 2 saturated carbocycles. The Kier molecular flexibility index (Phi) is 7.88. The molecule has 2 aliphatic rings. The Morgan fingerprint density at radius 1 is 0.897 bits per heavy atom. The highest BCUT2D eigenvalue weighted by atomic mass is 35.5. The largest absolute Gasteiger partial charge is 0.454 e. The molecule has 0 radical (unpaired) electrons. The number of halogens is 2. The van der Waals surface area contributed by atoms with E-state index in [0.717, 1.165) is 29.0 Å². The van der Waals surface area contributed by atoms with Gasteiger partial charge in [0.25, 0.3) is 0 Å². The molecular formula is C31H30ClFN4OS. The van der Waals surface area contributed by atoms with Crippen LogP contribution in [0.3, 0.4) is 0 Å². The lowest BCUT2D eigenvalue weighted by Gasteiger charge is -2.22. The topological polar surface area (TPSA) is 59.1 Å². The zero-order valence-electron chi connectivity index (χ0n) is 21.5. The fourth-order valence-electron chi connectivity index (χ4n) is 4.92. The molecule has 0 bridgehead atoms. The van der Waals surface area contributed by atoms with Gasteiger partial charge in [-0.25, -0.2) is 14.4 Å². The van der Waals surface area contributed by atoms with Crippen molar-refractivity contribution in [3.63, 3.8) is 0 Å². The van der Waals surface area contributed by atoms with E-state index in [4.69, 9.17) is 21.3 Å². The predicted molar refractivity (Wildman–Crippen MR) is 157 cm³/mol. The van der Waals surface area contributed by atoms with Crippen LogP contribution in [-0.4, -0.2) is 16.0 Å². The Labute approximate surface area is 237 Å². The molecule has 3 aromatic carbocycles. The Balaban J connectivity index is 1.23. The standard InChI is InChI=1S/C31H30ClFN4OS/c32-25-8-4-5-9-30(25)39-37-23-13-15-28(26(33)19-23)38-29-18-21(20-10-11-20)12-14-24(29)27-16-17-34-31(36-27)35-22-6-2-1-3-7-22/h4-5,8-9,12-20,22,37H,1-3,6-7,10-11H2,(H,34,35,36). The van der Waals surface area contributed by atoms with Gasteiger partial charge in [0.15, 0.2) is 11.6 Å². The van der Waals surface area contributed by atoms with Gasteiger partial charge in [-0.05, 0) is 91.6 Å². The third-order valence-corrected chi connectivity index (χ3v) is 8.55. The van der Waals surface area contributed by atoms with E-state index in [9.17, 15) is 0 Å². The SMILES string of the molecule is Fc1cc(NSc2ccccc2Cl)ccc1Oc1cc(C2CC2)ccc1-c1ccnc(NC2CCCCC2)n1. The molecule has 2 aliphatic carbocycles. The smallest absolute Gasteiger partial charge is 0.223 e. The van der Waals surface area contributed by atoms with E-state index in [2.05, 4.69) is 21.1 Å². The predicted octanol–water partition coefficient (Wildman–Crippen LogP) is 9.47. The van der Waals surface area contributed by atoms with E-state index in [1.165, 1.54) is 55.7 Å². The minimum Gasteiger partial charge on any atom is -0.454 e. The van der Waals surface area contributed by atoms with Gasteiger partial charge in [0.2, 0.25) is 5.95 Å². The lowest BCUT2D eigenvalue weighted by atomic mass is 9.96. The highest BCUT2D eigenvalue weighted by molar-refractivity contribution is 8.00. The van der Waals surface area contributed by atoms with Crippen LogP contribution >= 0.6 is 23.5 Å². The molecular weight excluding hydrogens is 531 g/mol. The van der Waals surface area contributed by atoms with Crippen molar-refractivity contribution in [1.29, 1.82) is 0 Å². The molecule has 39 heavy (non-hydrogen) atoms. The van der Waals surface area contributed by atoms with Crippen LogP contribution in [0, 0.1) is 5.82 Å². The van der Waals surface area contributed by atoms with Gasteiger partial charge in [-0.2, -0.15) is 0 Å². The molecule has 0 unspecified atom stereocenters. The van der Waals surface area contributed by atoms with Crippen LogP contribution in [0.4, 0.5) is 16.0 Å². The minimum atomic E-state index is -0.454. The van der Waals surface area contributed by atoms with Gasteiger partial charge in [0.05, 0.1) is 10.7 Å². The first-order valence-corrected chi connectivity index (χ1v) is 14.7. The fourth-order valence-corrected chi connectivity index (χ4v) is 5.84. The number of benzene rings is 3. The lowest BCUT2D eigenvalue weighted by molar-refractivity contribution is 0.443. The maximum atomic E-state index is 15.2. The normalized spacial score (nSPS) is 15.6. The van der Waals surface area contributed by atoms with Gasteiger partial charge in [0.1, 0.15) is 5.75 Å². The summed E-state index contributed by atoms with van der Waals surface area (Å²) in [6.45, 7) is 0. The molecule has 2 fully saturated rings. The van der Waals surface area contributed by atoms with Crippen LogP contribution in [0.2, 0.25) is 5.02 Å². The molecule has 2 N–H and O–H groups in total. The summed E-state index contributed by atoms with van der Waals surface area (Å²) in [7, 11) is 0. The van der Waals surface area contributed by atoms with Crippen LogP contribution in [0.15, 0.2) is 77.8 Å². The van der Waals surface area contributed by atoms with Crippen molar-refractivity contribution >= 4 is 35.2 Å². The number of nitrogens with one attached hydrogen (secondary N) is 2. The summed E-state index contributed by atoms with van der Waals surface area (Å²) in [5.41, 5.74) is 3.38. The summed E-state index contributed by atoms with van der Waals surface area (Å²) < 4.78 is 24.6. The molecule has 200 valence electrons. The molecule has 1 heterocycles. The Morgan fingerprint density at radius 2 is 1.74 bits per heavy atom. The van der Waals surface area contributed by atoms with Crippen LogP contribution < -0.4 is 14.8 Å². The molecule has 5 nitrogen and oxygen atoms in total. The number of ether oxygens (including phenoxy) is 1. The van der Waals surface area contributed by atoms with E-state index >= 15 is 4.39 Å². The molecule has 6 rings (SSSR count). The van der Waals surface area contributed by atoms with Gasteiger partial charge in [-0.1, -0.05) is 49.1 Å². The lowest BCUT2D eigenvalue weighted by Crippen LogP contribution is -2.23. The van der Waals surface area contributed by atoms with Crippen LogP contribution in [0.25, 0.3) is 11.3 Å². The molecule has 0 atom stereocenters. The summed E-state index contributed by atoms with van der Waals surface area (Å²) in [5.74, 6) is 1.45. The number of rotatable bonds is 9.